The van der Waals surface area contributed by atoms with Crippen LogP contribution in [0.4, 0.5) is 5.69 Å². The van der Waals surface area contributed by atoms with Crippen LogP contribution >= 0.6 is 0 Å². The van der Waals surface area contributed by atoms with E-state index in [-0.39, 0.29) is 0 Å². The molecule has 9 nitrogen and oxygen atoms in total. The Bertz CT molecular complexity index is 992. The minimum absolute atomic E-state index is 0.339. The first-order chi connectivity index (χ1) is 13.7. The Morgan fingerprint density at radius 3 is 2.21 bits per heavy atom. The van der Waals surface area contributed by atoms with E-state index in [1.165, 1.54) is 0 Å². The standard InChI is InChI=1S/C19H21N3O6S/c1-14-8-6-7-11-16(14)22(29(2,26)27)12-18(24)28-13-17(23)20-21-19(25)15-9-4-3-5-10-15/h3-11H,12-13H2,1-2H3,(H,20,23)(H,21,25). The molecular formula is C19H21N3O6S. The number of carbonyl (C=O) groups is 3. The van der Waals surface area contributed by atoms with E-state index in [4.69, 9.17) is 4.74 Å². The molecule has 0 aliphatic rings. The van der Waals surface area contributed by atoms with Crippen LogP contribution in [0.2, 0.25) is 0 Å². The molecule has 0 aliphatic carbocycles. The Kier molecular flexibility index (Phi) is 7.32. The van der Waals surface area contributed by atoms with Gasteiger partial charge in [-0.05, 0) is 30.7 Å². The minimum atomic E-state index is -3.75. The second-order valence-corrected chi connectivity index (χ2v) is 7.99. The Morgan fingerprint density at radius 1 is 0.966 bits per heavy atom. The number of hydrogen-bond acceptors (Lipinski definition) is 6. The summed E-state index contributed by atoms with van der Waals surface area (Å²) < 4.78 is 29.8. The van der Waals surface area contributed by atoms with Crippen LogP contribution in [0.5, 0.6) is 0 Å². The molecule has 0 unspecified atom stereocenters. The van der Waals surface area contributed by atoms with E-state index in [9.17, 15) is 22.8 Å². The van der Waals surface area contributed by atoms with E-state index in [0.717, 1.165) is 10.6 Å². The molecule has 0 bridgehead atoms. The van der Waals surface area contributed by atoms with Crippen LogP contribution in [0.25, 0.3) is 0 Å². The maximum Gasteiger partial charge on any atom is 0.327 e. The summed E-state index contributed by atoms with van der Waals surface area (Å²) in [5, 5.41) is 0. The molecule has 2 aromatic carbocycles. The first-order valence-electron chi connectivity index (χ1n) is 8.51. The van der Waals surface area contributed by atoms with Crippen molar-refractivity contribution in [2.24, 2.45) is 0 Å². The number of benzene rings is 2. The quantitative estimate of drug-likeness (QED) is 0.505. The third kappa shape index (κ3) is 6.61. The van der Waals surface area contributed by atoms with E-state index in [1.54, 1.807) is 61.5 Å². The van der Waals surface area contributed by atoms with Crippen LogP contribution in [0.15, 0.2) is 54.6 Å². The van der Waals surface area contributed by atoms with Gasteiger partial charge in [0, 0.05) is 5.56 Å². The number of carbonyl (C=O) groups excluding carboxylic acids is 3. The molecule has 2 amide bonds. The molecule has 0 aliphatic heterocycles. The van der Waals surface area contributed by atoms with Crippen molar-refractivity contribution in [3.63, 3.8) is 0 Å². The molecule has 2 N–H and O–H groups in total. The van der Waals surface area contributed by atoms with Gasteiger partial charge in [0.05, 0.1) is 11.9 Å². The first kappa shape index (κ1) is 21.9. The topological polar surface area (TPSA) is 122 Å². The predicted molar refractivity (Wildman–Crippen MR) is 106 cm³/mol. The van der Waals surface area contributed by atoms with Crippen LogP contribution in [0, 0.1) is 6.92 Å². The summed E-state index contributed by atoms with van der Waals surface area (Å²) in [6.07, 6.45) is 0.971. The summed E-state index contributed by atoms with van der Waals surface area (Å²) in [6.45, 7) is 0.439. The second kappa shape index (κ2) is 9.69. The Labute approximate surface area is 168 Å². The second-order valence-electron chi connectivity index (χ2n) is 6.09. The number of aryl methyl sites for hydroxylation is 1. The van der Waals surface area contributed by atoms with Crippen molar-refractivity contribution in [3.8, 4) is 0 Å². The maximum atomic E-state index is 12.1. The van der Waals surface area contributed by atoms with Crippen LogP contribution < -0.4 is 15.2 Å². The van der Waals surface area contributed by atoms with E-state index in [1.807, 2.05) is 0 Å². The lowest BCUT2D eigenvalue weighted by atomic mass is 10.2. The van der Waals surface area contributed by atoms with E-state index in [0.29, 0.717) is 16.8 Å². The van der Waals surface area contributed by atoms with Gasteiger partial charge in [0.2, 0.25) is 10.0 Å². The molecule has 0 heterocycles. The molecule has 2 aromatic rings. The summed E-state index contributed by atoms with van der Waals surface area (Å²) >= 11 is 0. The summed E-state index contributed by atoms with van der Waals surface area (Å²) in [7, 11) is -3.75. The van der Waals surface area contributed by atoms with Crippen molar-refractivity contribution in [1.29, 1.82) is 0 Å². The van der Waals surface area contributed by atoms with Crippen LogP contribution in [-0.2, 0) is 24.3 Å². The molecule has 0 aromatic heterocycles. The average molecular weight is 419 g/mol. The van der Waals surface area contributed by atoms with Gasteiger partial charge < -0.3 is 4.74 Å². The monoisotopic (exact) mass is 419 g/mol. The summed E-state index contributed by atoms with van der Waals surface area (Å²) in [5.41, 5.74) is 5.64. The molecule has 2 rings (SSSR count). The summed E-state index contributed by atoms with van der Waals surface area (Å²) in [5.74, 6) is -2.22. The van der Waals surface area contributed by atoms with Crippen LogP contribution in [0.3, 0.4) is 0 Å². The molecule has 0 atom stereocenters. The normalized spacial score (nSPS) is 10.7. The highest BCUT2D eigenvalue weighted by Gasteiger charge is 2.23. The largest absolute Gasteiger partial charge is 0.454 e. The van der Waals surface area contributed by atoms with Crippen molar-refractivity contribution < 1.29 is 27.5 Å². The van der Waals surface area contributed by atoms with Crippen molar-refractivity contribution in [2.45, 2.75) is 6.92 Å². The van der Waals surface area contributed by atoms with Gasteiger partial charge in [-0.25, -0.2) is 8.42 Å². The van der Waals surface area contributed by atoms with Gasteiger partial charge in [0.25, 0.3) is 11.8 Å². The zero-order valence-electron chi connectivity index (χ0n) is 15.9. The van der Waals surface area contributed by atoms with Crippen molar-refractivity contribution in [3.05, 3.63) is 65.7 Å². The fourth-order valence-corrected chi connectivity index (χ4v) is 3.26. The van der Waals surface area contributed by atoms with Crippen LogP contribution in [-0.4, -0.2) is 45.6 Å². The number of nitrogens with zero attached hydrogens (tertiary/aromatic N) is 1. The zero-order chi connectivity index (χ0) is 21.4. The van der Waals surface area contributed by atoms with Gasteiger partial charge in [-0.1, -0.05) is 36.4 Å². The van der Waals surface area contributed by atoms with Gasteiger partial charge in [-0.2, -0.15) is 0 Å². The lowest BCUT2D eigenvalue weighted by molar-refractivity contribution is -0.147. The van der Waals surface area contributed by atoms with E-state index < -0.39 is 41.0 Å². The molecule has 10 heteroatoms. The number of amides is 2. The molecule has 0 saturated carbocycles. The number of anilines is 1. The Balaban J connectivity index is 1.88. The highest BCUT2D eigenvalue weighted by atomic mass is 32.2. The summed E-state index contributed by atoms with van der Waals surface area (Å²) in [4.78, 5) is 35.6. The van der Waals surface area contributed by atoms with Gasteiger partial charge >= 0.3 is 5.97 Å². The number of sulfonamides is 1. The number of nitrogens with one attached hydrogen (secondary N) is 2. The highest BCUT2D eigenvalue weighted by molar-refractivity contribution is 7.92. The Hall–Kier alpha value is -3.40. The van der Waals surface area contributed by atoms with Gasteiger partial charge in [-0.3, -0.25) is 29.5 Å². The van der Waals surface area contributed by atoms with Crippen molar-refractivity contribution in [2.75, 3.05) is 23.7 Å². The van der Waals surface area contributed by atoms with Crippen LogP contribution in [0.1, 0.15) is 15.9 Å². The third-order valence-electron chi connectivity index (χ3n) is 3.77. The van der Waals surface area contributed by atoms with Gasteiger partial charge in [0.1, 0.15) is 6.54 Å². The molecule has 0 saturated heterocycles. The number of rotatable bonds is 7. The molecule has 0 radical (unpaired) electrons. The number of ether oxygens (including phenoxy) is 1. The highest BCUT2D eigenvalue weighted by Crippen LogP contribution is 2.21. The smallest absolute Gasteiger partial charge is 0.327 e. The van der Waals surface area contributed by atoms with Crippen molar-refractivity contribution in [1.82, 2.24) is 10.9 Å². The molecule has 0 fully saturated rings. The number of hydrogen-bond donors (Lipinski definition) is 2. The summed E-state index contributed by atoms with van der Waals surface area (Å²) in [6, 6.07) is 14.9. The lowest BCUT2D eigenvalue weighted by Gasteiger charge is -2.23. The van der Waals surface area contributed by atoms with Crippen molar-refractivity contribution >= 4 is 33.5 Å². The fourth-order valence-electron chi connectivity index (χ4n) is 2.36. The molecular weight excluding hydrogens is 398 g/mol. The van der Waals surface area contributed by atoms with E-state index >= 15 is 0 Å². The third-order valence-corrected chi connectivity index (χ3v) is 4.90. The number of para-hydroxylation sites is 1. The zero-order valence-corrected chi connectivity index (χ0v) is 16.7. The van der Waals surface area contributed by atoms with E-state index in [2.05, 4.69) is 10.9 Å². The number of esters is 1. The maximum absolute atomic E-state index is 12.1. The Morgan fingerprint density at radius 2 is 1.59 bits per heavy atom. The predicted octanol–water partition coefficient (Wildman–Crippen LogP) is 0.765. The number of hydrazine groups is 1. The fraction of sp³-hybridized carbons (Fsp3) is 0.211. The SMILES string of the molecule is Cc1ccccc1N(CC(=O)OCC(=O)NNC(=O)c1ccccc1)S(C)(=O)=O. The first-order valence-corrected chi connectivity index (χ1v) is 10.4. The molecule has 154 valence electrons. The average Bonchev–Trinajstić information content (AvgIpc) is 2.69. The molecule has 0 spiro atoms. The van der Waals surface area contributed by atoms with Gasteiger partial charge in [0.15, 0.2) is 6.61 Å². The minimum Gasteiger partial charge on any atom is -0.454 e. The van der Waals surface area contributed by atoms with Gasteiger partial charge in [-0.15, -0.1) is 0 Å². The lowest BCUT2D eigenvalue weighted by Crippen LogP contribution is -2.44. The molecule has 29 heavy (non-hydrogen) atoms.